The lowest BCUT2D eigenvalue weighted by Gasteiger charge is -2.16. The molecule has 1 unspecified atom stereocenters. The lowest BCUT2D eigenvalue weighted by Crippen LogP contribution is -2.21. The first kappa shape index (κ1) is 17.6. The minimum absolute atomic E-state index is 0.487. The predicted octanol–water partition coefficient (Wildman–Crippen LogP) is 3.83. The lowest BCUT2D eigenvalue weighted by atomic mass is 9.94. The molecule has 0 bridgehead atoms. The zero-order chi connectivity index (χ0) is 19.3. The fraction of sp³-hybridized carbons (Fsp3) is 0.130. The second-order valence-corrected chi connectivity index (χ2v) is 8.39. The highest BCUT2D eigenvalue weighted by Crippen LogP contribution is 2.31. The highest BCUT2D eigenvalue weighted by Gasteiger charge is 2.15. The van der Waals surface area contributed by atoms with Crippen molar-refractivity contribution >= 4 is 61.9 Å². The van der Waals surface area contributed by atoms with Crippen LogP contribution in [-0.4, -0.2) is 28.2 Å². The van der Waals surface area contributed by atoms with Gasteiger partial charge in [0.05, 0.1) is 19.2 Å². The van der Waals surface area contributed by atoms with Gasteiger partial charge in [-0.2, -0.15) is 0 Å². The van der Waals surface area contributed by atoms with Crippen LogP contribution in [0.4, 0.5) is 0 Å². The van der Waals surface area contributed by atoms with Crippen LogP contribution in [0.1, 0.15) is 0 Å². The molecule has 0 aliphatic rings. The van der Waals surface area contributed by atoms with Crippen molar-refractivity contribution in [2.24, 2.45) is 0 Å². The normalized spacial score (nSPS) is 12.9. The van der Waals surface area contributed by atoms with Crippen molar-refractivity contribution in [2.45, 2.75) is 19.2 Å². The molecule has 0 aliphatic carbocycles. The van der Waals surface area contributed by atoms with Gasteiger partial charge in [-0.05, 0) is 41.8 Å². The molecule has 0 radical (unpaired) electrons. The number of benzene rings is 3. The minimum atomic E-state index is -0.487. The minimum Gasteiger partial charge on any atom is -0.389 e. The van der Waals surface area contributed by atoms with E-state index in [1.54, 1.807) is 0 Å². The van der Waals surface area contributed by atoms with Crippen LogP contribution in [0.25, 0.3) is 32.7 Å². The van der Waals surface area contributed by atoms with Gasteiger partial charge in [-0.25, -0.2) is 0 Å². The molecule has 0 amide bonds. The molecular weight excluding hydrogens is 411 g/mol. The van der Waals surface area contributed by atoms with Crippen LogP contribution >= 0.6 is 15.9 Å². The second-order valence-electron chi connectivity index (χ2n) is 7.47. The van der Waals surface area contributed by atoms with Gasteiger partial charge in [-0.3, -0.25) is 0 Å². The van der Waals surface area contributed by atoms with Crippen LogP contribution in [0.15, 0.2) is 77.4 Å². The van der Waals surface area contributed by atoms with E-state index in [1.165, 1.54) is 21.6 Å². The molecule has 3 nitrogen and oxygen atoms in total. The van der Waals surface area contributed by atoms with E-state index in [2.05, 4.69) is 93.7 Å². The molecule has 3 aromatic carbocycles. The monoisotopic (exact) mass is 430 g/mol. The Morgan fingerprint density at radius 1 is 0.857 bits per heavy atom. The standard InChI is InChI=1S/C23H20BBrN2O/c24-16-5-7-22-19(11-16)20-12-17(25)6-8-23(20)27(22)14-18(28)13-26-10-9-15-3-1-2-4-21(15)26/h1-12,18,28H,13-14,24H2. The lowest BCUT2D eigenvalue weighted by molar-refractivity contribution is 0.138. The van der Waals surface area contributed by atoms with Gasteiger partial charge in [-0.1, -0.05) is 51.7 Å². The van der Waals surface area contributed by atoms with Gasteiger partial charge < -0.3 is 14.2 Å². The van der Waals surface area contributed by atoms with Crippen LogP contribution in [0.3, 0.4) is 0 Å². The maximum absolute atomic E-state index is 10.9. The fourth-order valence-corrected chi connectivity index (χ4v) is 4.54. The van der Waals surface area contributed by atoms with E-state index in [0.29, 0.717) is 13.1 Å². The molecule has 1 N–H and O–H groups in total. The highest BCUT2D eigenvalue weighted by atomic mass is 79.9. The Bertz CT molecular complexity index is 1260. The maximum Gasteiger partial charge on any atom is 0.139 e. The summed E-state index contributed by atoms with van der Waals surface area (Å²) in [6.45, 7) is 1.12. The number of rotatable bonds is 4. The molecule has 5 aromatic rings. The number of para-hydroxylation sites is 1. The highest BCUT2D eigenvalue weighted by molar-refractivity contribution is 9.10. The van der Waals surface area contributed by atoms with E-state index < -0.39 is 6.10 Å². The van der Waals surface area contributed by atoms with Crippen molar-refractivity contribution in [3.8, 4) is 0 Å². The number of hydrogen-bond acceptors (Lipinski definition) is 1. The average molecular weight is 431 g/mol. The van der Waals surface area contributed by atoms with Crippen molar-refractivity contribution in [3.63, 3.8) is 0 Å². The summed E-state index contributed by atoms with van der Waals surface area (Å²) < 4.78 is 5.45. The van der Waals surface area contributed by atoms with Crippen molar-refractivity contribution in [2.75, 3.05) is 0 Å². The molecule has 0 spiro atoms. The van der Waals surface area contributed by atoms with Crippen LogP contribution in [0.5, 0.6) is 0 Å². The number of aliphatic hydroxyl groups excluding tert-OH is 1. The van der Waals surface area contributed by atoms with Gasteiger partial charge in [0, 0.05) is 38.0 Å². The molecule has 0 fully saturated rings. The third kappa shape index (κ3) is 2.95. The molecule has 1 atom stereocenters. The van der Waals surface area contributed by atoms with Gasteiger partial charge in [-0.15, -0.1) is 0 Å². The smallest absolute Gasteiger partial charge is 0.139 e. The molecule has 138 valence electrons. The zero-order valence-electron chi connectivity index (χ0n) is 15.6. The van der Waals surface area contributed by atoms with Crippen LogP contribution in [-0.2, 0) is 13.1 Å². The molecular formula is C23H20BBrN2O. The third-order valence-corrected chi connectivity index (χ3v) is 5.96. The first-order chi connectivity index (χ1) is 13.6. The van der Waals surface area contributed by atoms with Crippen LogP contribution < -0.4 is 5.46 Å². The number of hydrogen-bond donors (Lipinski definition) is 1. The quantitative estimate of drug-likeness (QED) is 0.431. The fourth-order valence-electron chi connectivity index (χ4n) is 4.18. The Morgan fingerprint density at radius 2 is 1.61 bits per heavy atom. The van der Waals surface area contributed by atoms with Crippen molar-refractivity contribution in [3.05, 3.63) is 77.4 Å². The number of nitrogens with zero attached hydrogens (tertiary/aromatic N) is 2. The molecule has 0 aliphatic heterocycles. The second kappa shape index (κ2) is 6.84. The van der Waals surface area contributed by atoms with Gasteiger partial charge in [0.25, 0.3) is 0 Å². The van der Waals surface area contributed by atoms with E-state index in [0.717, 1.165) is 21.0 Å². The van der Waals surface area contributed by atoms with Crippen molar-refractivity contribution in [1.82, 2.24) is 9.13 Å². The Balaban J connectivity index is 1.55. The summed E-state index contributed by atoms with van der Waals surface area (Å²) in [5.41, 5.74) is 4.71. The molecule has 2 aromatic heterocycles. The SMILES string of the molecule is Bc1ccc2c(c1)c1cc(Br)ccc1n2CC(O)Cn1ccc2ccccc21. The van der Waals surface area contributed by atoms with Gasteiger partial charge in [0.15, 0.2) is 0 Å². The molecule has 2 heterocycles. The molecule has 28 heavy (non-hydrogen) atoms. The van der Waals surface area contributed by atoms with Crippen molar-refractivity contribution in [1.29, 1.82) is 0 Å². The zero-order valence-corrected chi connectivity index (χ0v) is 17.2. The maximum atomic E-state index is 10.9. The van der Waals surface area contributed by atoms with Gasteiger partial charge in [0.1, 0.15) is 7.85 Å². The molecule has 0 saturated heterocycles. The largest absolute Gasteiger partial charge is 0.389 e. The topological polar surface area (TPSA) is 30.1 Å². The Kier molecular flexibility index (Phi) is 4.29. The summed E-state index contributed by atoms with van der Waals surface area (Å²) in [5, 5.41) is 14.6. The summed E-state index contributed by atoms with van der Waals surface area (Å²) in [6.07, 6.45) is 1.57. The number of aliphatic hydroxyl groups is 1. The van der Waals surface area contributed by atoms with Crippen LogP contribution in [0.2, 0.25) is 0 Å². The van der Waals surface area contributed by atoms with E-state index >= 15 is 0 Å². The van der Waals surface area contributed by atoms with Crippen LogP contribution in [0, 0.1) is 0 Å². The van der Waals surface area contributed by atoms with E-state index in [1.807, 2.05) is 12.1 Å². The van der Waals surface area contributed by atoms with Crippen molar-refractivity contribution < 1.29 is 5.11 Å². The summed E-state index contributed by atoms with van der Waals surface area (Å²) in [7, 11) is 2.12. The first-order valence-electron chi connectivity index (χ1n) is 9.50. The van der Waals surface area contributed by atoms with Gasteiger partial charge >= 0.3 is 0 Å². The van der Waals surface area contributed by atoms with E-state index in [9.17, 15) is 5.11 Å². The summed E-state index contributed by atoms with van der Waals surface area (Å²) in [6, 6.07) is 23.3. The molecule has 5 rings (SSSR count). The number of fused-ring (bicyclic) bond motifs is 4. The molecule has 0 saturated carbocycles. The van der Waals surface area contributed by atoms with E-state index in [4.69, 9.17) is 0 Å². The number of halogens is 1. The summed E-state index contributed by atoms with van der Waals surface area (Å²) in [4.78, 5) is 0. The van der Waals surface area contributed by atoms with E-state index in [-0.39, 0.29) is 0 Å². The Hall–Kier alpha value is -2.50. The first-order valence-corrected chi connectivity index (χ1v) is 10.3. The average Bonchev–Trinajstić information content (AvgIpc) is 3.21. The Morgan fingerprint density at radius 3 is 2.46 bits per heavy atom. The predicted molar refractivity (Wildman–Crippen MR) is 123 cm³/mol. The number of aromatic nitrogens is 2. The molecule has 5 heteroatoms. The Labute approximate surface area is 172 Å². The van der Waals surface area contributed by atoms with Gasteiger partial charge in [0.2, 0.25) is 0 Å². The summed E-state index contributed by atoms with van der Waals surface area (Å²) >= 11 is 3.60. The summed E-state index contributed by atoms with van der Waals surface area (Å²) in [5.74, 6) is 0. The third-order valence-electron chi connectivity index (χ3n) is 5.46.